The molecular formula is C19H22ClF2NO2. The first-order valence-corrected chi connectivity index (χ1v) is 8.52. The highest BCUT2D eigenvalue weighted by atomic mass is 35.5. The molecule has 0 radical (unpaired) electrons. The predicted molar refractivity (Wildman–Crippen MR) is 95.4 cm³/mol. The smallest absolute Gasteiger partial charge is 0.307 e. The van der Waals surface area contributed by atoms with E-state index in [9.17, 15) is 13.6 Å². The monoisotopic (exact) mass is 369 g/mol. The van der Waals surface area contributed by atoms with Crippen molar-refractivity contribution in [2.24, 2.45) is 11.7 Å². The minimum absolute atomic E-state index is 0.177. The molecule has 6 heteroatoms. The van der Waals surface area contributed by atoms with Gasteiger partial charge in [0, 0.05) is 6.04 Å². The van der Waals surface area contributed by atoms with Gasteiger partial charge in [-0.15, -0.1) is 0 Å². The Bertz CT molecular complexity index is 728. The quantitative estimate of drug-likeness (QED) is 0.781. The van der Waals surface area contributed by atoms with Crippen LogP contribution in [0, 0.1) is 12.8 Å². The Labute approximate surface area is 151 Å². The maximum absolute atomic E-state index is 14.7. The van der Waals surface area contributed by atoms with Crippen LogP contribution in [0.25, 0.3) is 5.57 Å². The van der Waals surface area contributed by atoms with Gasteiger partial charge in [0.2, 0.25) is 0 Å². The lowest BCUT2D eigenvalue weighted by atomic mass is 9.79. The minimum Gasteiger partial charge on any atom is -0.466 e. The SMILES string of the molecule is CCOC(=O)CC(N)C1C=C(c2ccccc2C)C(C)=C(Cl)C1(F)F. The number of allylic oxidation sites excluding steroid dienone is 3. The average Bonchev–Trinajstić information content (AvgIpc) is 2.54. The first-order chi connectivity index (χ1) is 11.7. The zero-order valence-electron chi connectivity index (χ0n) is 14.5. The molecule has 2 N–H and O–H groups in total. The van der Waals surface area contributed by atoms with Crippen LogP contribution in [0.1, 0.15) is 31.4 Å². The molecule has 136 valence electrons. The Morgan fingerprint density at radius 1 is 1.36 bits per heavy atom. The summed E-state index contributed by atoms with van der Waals surface area (Å²) in [5.74, 6) is -5.31. The fourth-order valence-corrected chi connectivity index (χ4v) is 3.25. The molecule has 2 unspecified atom stereocenters. The number of ether oxygens (including phenoxy) is 1. The molecule has 0 aromatic heterocycles. The van der Waals surface area contributed by atoms with Crippen molar-refractivity contribution in [1.29, 1.82) is 0 Å². The number of hydrogen-bond acceptors (Lipinski definition) is 3. The summed E-state index contributed by atoms with van der Waals surface area (Å²) in [5, 5.41) is -0.530. The lowest BCUT2D eigenvalue weighted by Crippen LogP contribution is -2.44. The van der Waals surface area contributed by atoms with E-state index in [1.165, 1.54) is 6.08 Å². The molecule has 0 aliphatic heterocycles. The van der Waals surface area contributed by atoms with Gasteiger partial charge in [-0.1, -0.05) is 41.9 Å². The summed E-state index contributed by atoms with van der Waals surface area (Å²) in [6.07, 6.45) is 1.14. The van der Waals surface area contributed by atoms with E-state index in [1.54, 1.807) is 13.8 Å². The first-order valence-electron chi connectivity index (χ1n) is 8.14. The van der Waals surface area contributed by atoms with Crippen LogP contribution in [0.5, 0.6) is 0 Å². The van der Waals surface area contributed by atoms with Gasteiger partial charge in [0.05, 0.1) is 24.0 Å². The zero-order valence-corrected chi connectivity index (χ0v) is 15.2. The van der Waals surface area contributed by atoms with E-state index < -0.39 is 28.9 Å². The molecule has 0 saturated carbocycles. The Morgan fingerprint density at radius 3 is 2.60 bits per heavy atom. The molecule has 0 amide bonds. The van der Waals surface area contributed by atoms with E-state index in [0.717, 1.165) is 11.1 Å². The zero-order chi connectivity index (χ0) is 18.8. The summed E-state index contributed by atoms with van der Waals surface area (Å²) in [7, 11) is 0. The maximum Gasteiger partial charge on any atom is 0.307 e. The fourth-order valence-electron chi connectivity index (χ4n) is 3.02. The minimum atomic E-state index is -3.33. The number of benzene rings is 1. The van der Waals surface area contributed by atoms with E-state index in [1.807, 2.05) is 31.2 Å². The third-order valence-electron chi connectivity index (χ3n) is 4.39. The number of nitrogens with two attached hydrogens (primary N) is 1. The molecule has 1 aliphatic carbocycles. The molecule has 1 aliphatic rings. The number of carbonyl (C=O) groups excluding carboxylic acids is 1. The second kappa shape index (κ2) is 7.67. The molecule has 1 aromatic rings. The van der Waals surface area contributed by atoms with Gasteiger partial charge in [0.1, 0.15) is 0 Å². The lowest BCUT2D eigenvalue weighted by molar-refractivity contribution is -0.144. The van der Waals surface area contributed by atoms with Crippen LogP contribution in [-0.2, 0) is 9.53 Å². The highest BCUT2D eigenvalue weighted by Gasteiger charge is 2.49. The van der Waals surface area contributed by atoms with Crippen molar-refractivity contribution in [2.45, 2.75) is 39.2 Å². The van der Waals surface area contributed by atoms with Gasteiger partial charge in [0.25, 0.3) is 5.92 Å². The molecule has 0 spiro atoms. The van der Waals surface area contributed by atoms with E-state index in [-0.39, 0.29) is 13.0 Å². The summed E-state index contributed by atoms with van der Waals surface area (Å²) in [6, 6.07) is 6.37. The number of rotatable bonds is 5. The third-order valence-corrected chi connectivity index (χ3v) is 4.93. The van der Waals surface area contributed by atoms with Crippen LogP contribution in [0.15, 0.2) is 40.9 Å². The lowest BCUT2D eigenvalue weighted by Gasteiger charge is -2.34. The van der Waals surface area contributed by atoms with E-state index >= 15 is 0 Å². The van der Waals surface area contributed by atoms with Gasteiger partial charge in [-0.2, -0.15) is 8.78 Å². The number of carbonyl (C=O) groups is 1. The Morgan fingerprint density at radius 2 is 2.00 bits per heavy atom. The highest BCUT2D eigenvalue weighted by molar-refractivity contribution is 6.32. The molecule has 0 fully saturated rings. The molecule has 0 saturated heterocycles. The van der Waals surface area contributed by atoms with Crippen LogP contribution in [0.4, 0.5) is 8.78 Å². The van der Waals surface area contributed by atoms with Crippen LogP contribution in [0.3, 0.4) is 0 Å². The van der Waals surface area contributed by atoms with Crippen molar-refractivity contribution in [3.63, 3.8) is 0 Å². The molecule has 2 rings (SSSR count). The van der Waals surface area contributed by atoms with Crippen LogP contribution < -0.4 is 5.73 Å². The molecule has 2 atom stereocenters. The summed E-state index contributed by atoms with van der Waals surface area (Å²) < 4.78 is 34.3. The number of hydrogen-bond donors (Lipinski definition) is 1. The fraction of sp³-hybridized carbons (Fsp3) is 0.421. The molecular weight excluding hydrogens is 348 g/mol. The largest absolute Gasteiger partial charge is 0.466 e. The van der Waals surface area contributed by atoms with Crippen molar-refractivity contribution < 1.29 is 18.3 Å². The van der Waals surface area contributed by atoms with Gasteiger partial charge in [-0.3, -0.25) is 4.79 Å². The van der Waals surface area contributed by atoms with Gasteiger partial charge in [-0.05, 0) is 43.0 Å². The topological polar surface area (TPSA) is 52.3 Å². The second-order valence-corrected chi connectivity index (χ2v) is 6.53. The second-order valence-electron chi connectivity index (χ2n) is 6.16. The van der Waals surface area contributed by atoms with Crippen LogP contribution in [-0.4, -0.2) is 24.5 Å². The van der Waals surface area contributed by atoms with Crippen molar-refractivity contribution in [1.82, 2.24) is 0 Å². The average molecular weight is 370 g/mol. The number of alkyl halides is 2. The molecule has 25 heavy (non-hydrogen) atoms. The molecule has 0 bridgehead atoms. The van der Waals surface area contributed by atoms with Crippen LogP contribution in [0.2, 0.25) is 0 Å². The van der Waals surface area contributed by atoms with Crippen molar-refractivity contribution >= 4 is 23.1 Å². The van der Waals surface area contributed by atoms with Gasteiger partial charge in [-0.25, -0.2) is 0 Å². The Balaban J connectivity index is 2.45. The summed E-state index contributed by atoms with van der Waals surface area (Å²) in [5.41, 5.74) is 8.64. The van der Waals surface area contributed by atoms with E-state index in [4.69, 9.17) is 22.1 Å². The number of aryl methyl sites for hydroxylation is 1. The van der Waals surface area contributed by atoms with Gasteiger partial charge < -0.3 is 10.5 Å². The van der Waals surface area contributed by atoms with Gasteiger partial charge >= 0.3 is 5.97 Å². The molecule has 1 aromatic carbocycles. The Hall–Kier alpha value is -1.72. The summed E-state index contributed by atoms with van der Waals surface area (Å²) >= 11 is 6.01. The van der Waals surface area contributed by atoms with Crippen molar-refractivity contribution in [2.75, 3.05) is 6.61 Å². The van der Waals surface area contributed by atoms with E-state index in [0.29, 0.717) is 11.1 Å². The Kier molecular flexibility index (Phi) is 6.01. The molecule has 3 nitrogen and oxygen atoms in total. The highest BCUT2D eigenvalue weighted by Crippen LogP contribution is 2.47. The standard InChI is InChI=1S/C19H22ClF2NO2/c1-4-25-17(24)10-16(23)15-9-14(12(3)18(20)19(15,21)22)13-8-6-5-7-11(13)2/h5-9,15-16H,4,10,23H2,1-3H3. The normalized spacial score (nSPS) is 20.9. The first kappa shape index (κ1) is 19.6. The molecule has 0 heterocycles. The van der Waals surface area contributed by atoms with Crippen molar-refractivity contribution in [3.8, 4) is 0 Å². The van der Waals surface area contributed by atoms with Crippen molar-refractivity contribution in [3.05, 3.63) is 52.1 Å². The van der Waals surface area contributed by atoms with E-state index in [2.05, 4.69) is 0 Å². The number of halogens is 3. The summed E-state index contributed by atoms with van der Waals surface area (Å²) in [6.45, 7) is 5.30. The van der Waals surface area contributed by atoms with Gasteiger partial charge in [0.15, 0.2) is 0 Å². The number of esters is 1. The summed E-state index contributed by atoms with van der Waals surface area (Å²) in [4.78, 5) is 11.6. The maximum atomic E-state index is 14.7. The predicted octanol–water partition coefficient (Wildman–Crippen LogP) is 4.44. The van der Waals surface area contributed by atoms with Crippen LogP contribution >= 0.6 is 11.6 Å². The third kappa shape index (κ3) is 3.93.